The molecule has 0 radical (unpaired) electrons. The summed E-state index contributed by atoms with van der Waals surface area (Å²) in [5.74, 6) is 0.602. The first-order valence-electron chi connectivity index (χ1n) is 10.5. The second-order valence-corrected chi connectivity index (χ2v) is 8.44. The number of carbonyl (C=O) groups excluding carboxylic acids is 1. The molecule has 33 heavy (non-hydrogen) atoms. The van der Waals surface area contributed by atoms with Crippen LogP contribution in [-0.2, 0) is 11.8 Å². The van der Waals surface area contributed by atoms with Gasteiger partial charge in [-0.2, -0.15) is 9.97 Å². The number of aryl methyl sites for hydroxylation is 2. The first-order valence-corrected chi connectivity index (χ1v) is 10.5. The number of rotatable bonds is 7. The topological polar surface area (TPSA) is 105 Å². The average molecular weight is 453 g/mol. The van der Waals surface area contributed by atoms with E-state index in [-0.39, 0.29) is 40.6 Å². The fourth-order valence-corrected chi connectivity index (χ4v) is 3.95. The Kier molecular flexibility index (Phi) is 5.88. The predicted octanol–water partition coefficient (Wildman–Crippen LogP) is 4.67. The second-order valence-electron chi connectivity index (χ2n) is 8.44. The Hall–Kier alpha value is -3.75. The van der Waals surface area contributed by atoms with Crippen molar-refractivity contribution in [2.75, 3.05) is 26.6 Å². The number of benzene rings is 1. The van der Waals surface area contributed by atoms with Gasteiger partial charge >= 0.3 is 6.01 Å². The van der Waals surface area contributed by atoms with Crippen molar-refractivity contribution < 1.29 is 28.2 Å². The monoisotopic (exact) mass is 453 g/mol. The minimum Gasteiger partial charge on any atom is -0.479 e. The van der Waals surface area contributed by atoms with E-state index in [1.807, 2.05) is 6.92 Å². The molecule has 1 aliphatic carbocycles. The quantitative estimate of drug-likeness (QED) is 0.550. The van der Waals surface area contributed by atoms with Crippen molar-refractivity contribution in [1.29, 1.82) is 0 Å². The average Bonchev–Trinajstić information content (AvgIpc) is 3.38. The van der Waals surface area contributed by atoms with Gasteiger partial charge in [-0.25, -0.2) is 0 Å². The molecule has 1 aliphatic rings. The van der Waals surface area contributed by atoms with E-state index < -0.39 is 5.91 Å². The molecule has 2 heterocycles. The Bertz CT molecular complexity index is 1180. The molecule has 0 aliphatic heterocycles. The number of amides is 1. The molecule has 1 N–H and O–H groups in total. The lowest BCUT2D eigenvalue weighted by molar-refractivity contribution is 0.0990. The van der Waals surface area contributed by atoms with Crippen molar-refractivity contribution in [3.8, 4) is 29.5 Å². The Morgan fingerprint density at radius 2 is 1.76 bits per heavy atom. The van der Waals surface area contributed by atoms with Gasteiger partial charge < -0.3 is 28.7 Å². The van der Waals surface area contributed by atoms with Crippen molar-refractivity contribution in [2.45, 2.75) is 39.0 Å². The Morgan fingerprint density at radius 1 is 1.06 bits per heavy atom. The van der Waals surface area contributed by atoms with Crippen LogP contribution in [0, 0.1) is 6.92 Å². The van der Waals surface area contributed by atoms with Gasteiger partial charge in [0.2, 0.25) is 11.8 Å². The van der Waals surface area contributed by atoms with Crippen molar-refractivity contribution in [1.82, 2.24) is 9.97 Å². The summed E-state index contributed by atoms with van der Waals surface area (Å²) in [4.78, 5) is 21.0. The van der Waals surface area contributed by atoms with Gasteiger partial charge in [-0.1, -0.05) is 19.9 Å². The zero-order valence-corrected chi connectivity index (χ0v) is 19.6. The lowest BCUT2D eigenvalue weighted by atomic mass is 9.86. The van der Waals surface area contributed by atoms with Gasteiger partial charge in [0.1, 0.15) is 5.75 Å². The fraction of sp³-hybridized carbons (Fsp3) is 0.375. The van der Waals surface area contributed by atoms with Gasteiger partial charge in [-0.3, -0.25) is 4.79 Å². The van der Waals surface area contributed by atoms with Gasteiger partial charge in [-0.05, 0) is 54.0 Å². The Labute approximate surface area is 192 Å². The van der Waals surface area contributed by atoms with Crippen LogP contribution in [-0.4, -0.2) is 37.2 Å². The van der Waals surface area contributed by atoms with E-state index in [9.17, 15) is 4.79 Å². The largest absolute Gasteiger partial charge is 0.479 e. The van der Waals surface area contributed by atoms with Gasteiger partial charge in [0, 0.05) is 6.07 Å². The van der Waals surface area contributed by atoms with E-state index in [1.54, 1.807) is 6.07 Å². The summed E-state index contributed by atoms with van der Waals surface area (Å²) >= 11 is 0. The van der Waals surface area contributed by atoms with Gasteiger partial charge in [-0.15, -0.1) is 0 Å². The smallest absolute Gasteiger partial charge is 0.322 e. The number of nitrogens with zero attached hydrogens (tertiary/aromatic N) is 2. The molecule has 0 spiro atoms. The van der Waals surface area contributed by atoms with Crippen LogP contribution >= 0.6 is 0 Å². The molecule has 9 nitrogen and oxygen atoms in total. The maximum Gasteiger partial charge on any atom is 0.322 e. The molecule has 1 aromatic carbocycles. The van der Waals surface area contributed by atoms with Crippen LogP contribution in [0.5, 0.6) is 29.5 Å². The van der Waals surface area contributed by atoms with E-state index in [4.69, 9.17) is 23.4 Å². The number of fused-ring (bicyclic) bond motifs is 1. The Morgan fingerprint density at radius 3 is 2.39 bits per heavy atom. The van der Waals surface area contributed by atoms with Crippen molar-refractivity contribution in [3.05, 3.63) is 46.7 Å². The van der Waals surface area contributed by atoms with Gasteiger partial charge in [0.25, 0.3) is 11.9 Å². The van der Waals surface area contributed by atoms with Crippen molar-refractivity contribution in [3.63, 3.8) is 0 Å². The number of methoxy groups -OCH3 is 3. The van der Waals surface area contributed by atoms with E-state index in [1.165, 1.54) is 38.5 Å². The summed E-state index contributed by atoms with van der Waals surface area (Å²) < 4.78 is 27.1. The third kappa shape index (κ3) is 4.30. The second kappa shape index (κ2) is 8.65. The molecule has 0 bridgehead atoms. The number of furan rings is 1. The number of nitrogens with one attached hydrogen (secondary N) is 1. The lowest BCUT2D eigenvalue weighted by Crippen LogP contribution is -2.14. The number of carbonyl (C=O) groups is 1. The molecule has 0 atom stereocenters. The molecule has 4 rings (SSSR count). The first kappa shape index (κ1) is 22.4. The summed E-state index contributed by atoms with van der Waals surface area (Å²) in [5.41, 5.74) is 3.91. The minimum absolute atomic E-state index is 0.0447. The van der Waals surface area contributed by atoms with E-state index in [0.29, 0.717) is 5.75 Å². The van der Waals surface area contributed by atoms with Crippen LogP contribution in [0.4, 0.5) is 5.69 Å². The number of anilines is 1. The van der Waals surface area contributed by atoms with Crippen molar-refractivity contribution in [2.24, 2.45) is 0 Å². The zero-order chi connectivity index (χ0) is 23.8. The molecule has 0 fully saturated rings. The highest BCUT2D eigenvalue weighted by atomic mass is 16.6. The molecular formula is C24H27N3O6. The van der Waals surface area contributed by atoms with E-state index in [0.717, 1.165) is 18.4 Å². The molecule has 174 valence electrons. The van der Waals surface area contributed by atoms with Crippen LogP contribution in [0.15, 0.2) is 28.7 Å². The molecule has 0 saturated carbocycles. The highest BCUT2D eigenvalue weighted by Crippen LogP contribution is 2.42. The predicted molar refractivity (Wildman–Crippen MR) is 121 cm³/mol. The number of ether oxygens (including phenoxy) is 4. The van der Waals surface area contributed by atoms with E-state index in [2.05, 4.69) is 41.3 Å². The van der Waals surface area contributed by atoms with Gasteiger partial charge in [0.05, 0.1) is 21.3 Å². The molecule has 0 unspecified atom stereocenters. The van der Waals surface area contributed by atoms with Crippen molar-refractivity contribution >= 4 is 11.6 Å². The standard InChI is InChI=1S/C24H27N3O6/c1-13-11-14-9-10-24(2,3)15(14)12-17(13)33-18-8-7-16(32-18)20(28)25-19-21(29-4)26-23(31-6)27-22(19)30-5/h7-8,11-12H,9-10H2,1-6H3,(H,25,28). The summed E-state index contributed by atoms with van der Waals surface area (Å²) in [7, 11) is 4.24. The SMILES string of the molecule is COc1nc(OC)c(NC(=O)c2ccc(Oc3cc4c(cc3C)CCC4(C)C)o2)c(OC)n1. The number of hydrogen-bond donors (Lipinski definition) is 1. The molecule has 3 aromatic rings. The third-order valence-corrected chi connectivity index (χ3v) is 5.79. The zero-order valence-electron chi connectivity index (χ0n) is 19.6. The minimum atomic E-state index is -0.540. The molecule has 1 amide bonds. The number of hydrogen-bond acceptors (Lipinski definition) is 8. The summed E-state index contributed by atoms with van der Waals surface area (Å²) in [6.45, 7) is 6.47. The van der Waals surface area contributed by atoms with Crippen LogP contribution in [0.2, 0.25) is 0 Å². The normalized spacial score (nSPS) is 13.9. The van der Waals surface area contributed by atoms with Gasteiger partial charge in [0.15, 0.2) is 11.4 Å². The third-order valence-electron chi connectivity index (χ3n) is 5.79. The first-order chi connectivity index (χ1) is 15.7. The van der Waals surface area contributed by atoms with Crippen LogP contribution < -0.4 is 24.3 Å². The van der Waals surface area contributed by atoms with Crippen LogP contribution in [0.25, 0.3) is 0 Å². The lowest BCUT2D eigenvalue weighted by Gasteiger charge is -2.20. The molecule has 9 heteroatoms. The maximum atomic E-state index is 12.8. The maximum absolute atomic E-state index is 12.8. The van der Waals surface area contributed by atoms with Crippen LogP contribution in [0.1, 0.15) is 47.5 Å². The van der Waals surface area contributed by atoms with Crippen LogP contribution in [0.3, 0.4) is 0 Å². The summed E-state index contributed by atoms with van der Waals surface area (Å²) in [6.07, 6.45) is 2.18. The van der Waals surface area contributed by atoms with E-state index >= 15 is 0 Å². The fourth-order valence-electron chi connectivity index (χ4n) is 3.95. The highest BCUT2D eigenvalue weighted by molar-refractivity contribution is 6.03. The molecular weight excluding hydrogens is 426 g/mol. The molecule has 0 saturated heterocycles. The molecule has 2 aromatic heterocycles. The highest BCUT2D eigenvalue weighted by Gasteiger charge is 2.31. The Balaban J connectivity index is 1.55. The summed E-state index contributed by atoms with van der Waals surface area (Å²) in [5, 5.41) is 2.66. The summed E-state index contributed by atoms with van der Waals surface area (Å²) in [6, 6.07) is 7.41. The number of aromatic nitrogens is 2.